The highest BCUT2D eigenvalue weighted by Crippen LogP contribution is 2.36. The number of ketones is 1. The zero-order valence-corrected chi connectivity index (χ0v) is 20.0. The van der Waals surface area contributed by atoms with Crippen LogP contribution in [-0.2, 0) is 14.1 Å². The number of hydrogen-bond donors (Lipinski definition) is 3. The number of nitrogens with zero attached hydrogens (tertiary/aromatic N) is 1. The van der Waals surface area contributed by atoms with Gasteiger partial charge >= 0.3 is 13.2 Å². The summed E-state index contributed by atoms with van der Waals surface area (Å²) in [4.78, 5) is 37.6. The second kappa shape index (κ2) is 9.08. The van der Waals surface area contributed by atoms with Gasteiger partial charge in [-0.15, -0.1) is 0 Å². The van der Waals surface area contributed by atoms with Gasteiger partial charge in [-0.25, -0.2) is 10.6 Å². The molecule has 9 nitrogen and oxygen atoms in total. The standard InChI is InChI=1S/C23H34BN3O6/c1-15(27(25)19(29)23(26-20(30)31)13-7-6-8-14-23)18(28)16-9-11-17(12-10-16)24-32-21(2,3)22(4,5)33-24/h9-12,15,26H,6-8,13-14,25H2,1-5H3,(H,30,31). The summed E-state index contributed by atoms with van der Waals surface area (Å²) in [6.07, 6.45) is 1.77. The third-order valence-electron chi connectivity index (χ3n) is 7.21. The lowest BCUT2D eigenvalue weighted by molar-refractivity contribution is -0.141. The van der Waals surface area contributed by atoms with Crippen molar-refractivity contribution in [3.8, 4) is 0 Å². The zero-order chi connectivity index (χ0) is 24.6. The fourth-order valence-corrected chi connectivity index (χ4v) is 4.33. The van der Waals surface area contributed by atoms with E-state index in [1.165, 1.54) is 0 Å². The van der Waals surface area contributed by atoms with Crippen LogP contribution in [0.15, 0.2) is 24.3 Å². The summed E-state index contributed by atoms with van der Waals surface area (Å²) in [5.41, 5.74) is -1.07. The maximum absolute atomic E-state index is 13.2. The van der Waals surface area contributed by atoms with Gasteiger partial charge in [0.1, 0.15) is 11.6 Å². The van der Waals surface area contributed by atoms with Crippen LogP contribution in [0.3, 0.4) is 0 Å². The second-order valence-corrected chi connectivity index (χ2v) is 10.0. The lowest BCUT2D eigenvalue weighted by Crippen LogP contribution is -2.64. The van der Waals surface area contributed by atoms with Crippen LogP contribution in [0.5, 0.6) is 0 Å². The molecule has 10 heteroatoms. The van der Waals surface area contributed by atoms with E-state index in [-0.39, 0.29) is 5.78 Å². The molecule has 2 aliphatic rings. The first-order valence-corrected chi connectivity index (χ1v) is 11.4. The largest absolute Gasteiger partial charge is 0.494 e. The van der Waals surface area contributed by atoms with Gasteiger partial charge in [-0.3, -0.25) is 14.6 Å². The summed E-state index contributed by atoms with van der Waals surface area (Å²) in [5, 5.41) is 12.5. The van der Waals surface area contributed by atoms with E-state index in [4.69, 9.17) is 15.2 Å². The molecule has 0 spiro atoms. The Kier molecular flexibility index (Phi) is 6.93. The van der Waals surface area contributed by atoms with Crippen molar-refractivity contribution in [1.29, 1.82) is 0 Å². The Labute approximate surface area is 195 Å². The molecule has 4 N–H and O–H groups in total. The third-order valence-corrected chi connectivity index (χ3v) is 7.21. The van der Waals surface area contributed by atoms with Crippen LogP contribution in [0.2, 0.25) is 0 Å². The summed E-state index contributed by atoms with van der Waals surface area (Å²) in [7, 11) is -0.544. The minimum atomic E-state index is -1.30. The van der Waals surface area contributed by atoms with Crippen LogP contribution < -0.4 is 16.6 Å². The molecular formula is C23H34BN3O6. The van der Waals surface area contributed by atoms with Crippen LogP contribution in [0.4, 0.5) is 4.79 Å². The van der Waals surface area contributed by atoms with Gasteiger partial charge in [-0.2, -0.15) is 0 Å². The molecule has 1 unspecified atom stereocenters. The molecule has 1 saturated heterocycles. The predicted octanol–water partition coefficient (Wildman–Crippen LogP) is 2.23. The van der Waals surface area contributed by atoms with Crippen molar-refractivity contribution < 1.29 is 28.8 Å². The van der Waals surface area contributed by atoms with Gasteiger partial charge in [-0.1, -0.05) is 43.5 Å². The minimum Gasteiger partial charge on any atom is -0.465 e. The molecule has 0 aromatic heterocycles. The first-order valence-electron chi connectivity index (χ1n) is 11.4. The maximum Gasteiger partial charge on any atom is 0.494 e. The molecule has 33 heavy (non-hydrogen) atoms. The average molecular weight is 459 g/mol. The van der Waals surface area contributed by atoms with Crippen LogP contribution in [0.25, 0.3) is 0 Å². The molecule has 0 radical (unpaired) electrons. The number of carboxylic acid groups (broad SMARTS) is 1. The highest BCUT2D eigenvalue weighted by molar-refractivity contribution is 6.62. The molecule has 0 bridgehead atoms. The highest BCUT2D eigenvalue weighted by atomic mass is 16.7. The van der Waals surface area contributed by atoms with Gasteiger partial charge in [0.05, 0.1) is 11.2 Å². The van der Waals surface area contributed by atoms with Gasteiger partial charge in [0.15, 0.2) is 5.78 Å². The molecule has 1 saturated carbocycles. The molecule has 2 amide bonds. The Hall–Kier alpha value is -2.43. The van der Waals surface area contributed by atoms with Crippen LogP contribution in [-0.4, -0.2) is 57.8 Å². The van der Waals surface area contributed by atoms with E-state index in [0.717, 1.165) is 16.9 Å². The van der Waals surface area contributed by atoms with E-state index < -0.39 is 41.9 Å². The Bertz CT molecular complexity index is 895. The number of hydrogen-bond acceptors (Lipinski definition) is 6. The molecule has 2 fully saturated rings. The highest BCUT2D eigenvalue weighted by Gasteiger charge is 2.51. The van der Waals surface area contributed by atoms with Gasteiger partial charge in [0.2, 0.25) is 0 Å². The van der Waals surface area contributed by atoms with Gasteiger partial charge in [0, 0.05) is 5.56 Å². The minimum absolute atomic E-state index is 0.340. The SMILES string of the molecule is CC(C(=O)c1ccc(B2OC(C)(C)C(C)(C)O2)cc1)N(N)C(=O)C1(NC(=O)O)CCCCC1. The van der Waals surface area contributed by atoms with Crippen LogP contribution >= 0.6 is 0 Å². The number of rotatable bonds is 6. The number of nitrogens with two attached hydrogens (primary N) is 1. The molecule has 1 aliphatic carbocycles. The summed E-state index contributed by atoms with van der Waals surface area (Å²) in [6.45, 7) is 9.42. The fourth-order valence-electron chi connectivity index (χ4n) is 4.33. The molecule has 1 aliphatic heterocycles. The van der Waals surface area contributed by atoms with Crippen molar-refractivity contribution in [2.45, 2.75) is 89.5 Å². The number of carbonyl (C=O) groups excluding carboxylic acids is 2. The smallest absolute Gasteiger partial charge is 0.465 e. The van der Waals surface area contributed by atoms with Gasteiger partial charge in [0.25, 0.3) is 5.91 Å². The Morgan fingerprint density at radius 3 is 2.03 bits per heavy atom. The van der Waals surface area contributed by atoms with Gasteiger partial charge < -0.3 is 19.7 Å². The van der Waals surface area contributed by atoms with Crippen molar-refractivity contribution in [3.05, 3.63) is 29.8 Å². The van der Waals surface area contributed by atoms with E-state index in [1.807, 2.05) is 27.7 Å². The molecule has 3 rings (SSSR count). The first kappa shape index (κ1) is 25.2. The number of benzene rings is 1. The van der Waals surface area contributed by atoms with Gasteiger partial charge in [-0.05, 0) is 52.9 Å². The maximum atomic E-state index is 13.2. The summed E-state index contributed by atoms with van der Waals surface area (Å²) in [6, 6.07) is 5.88. The quantitative estimate of drug-likeness (QED) is 0.195. The van der Waals surface area contributed by atoms with Crippen molar-refractivity contribution in [3.63, 3.8) is 0 Å². The summed E-state index contributed by atoms with van der Waals surface area (Å²) < 4.78 is 12.1. The Morgan fingerprint density at radius 2 is 1.55 bits per heavy atom. The van der Waals surface area contributed by atoms with Crippen LogP contribution in [0, 0.1) is 0 Å². The first-order chi connectivity index (χ1) is 15.3. The number of nitrogens with one attached hydrogen (secondary N) is 1. The van der Waals surface area contributed by atoms with E-state index in [1.54, 1.807) is 31.2 Å². The number of amides is 2. The Morgan fingerprint density at radius 1 is 1.03 bits per heavy atom. The second-order valence-electron chi connectivity index (χ2n) is 10.0. The lowest BCUT2D eigenvalue weighted by atomic mass is 9.78. The molecule has 1 aromatic carbocycles. The number of hydrazine groups is 1. The summed E-state index contributed by atoms with van der Waals surface area (Å²) >= 11 is 0. The van der Waals surface area contributed by atoms with Crippen molar-refractivity contribution in [2.75, 3.05) is 0 Å². The molecule has 1 heterocycles. The molecule has 1 aromatic rings. The predicted molar refractivity (Wildman–Crippen MR) is 124 cm³/mol. The summed E-state index contributed by atoms with van der Waals surface area (Å²) in [5.74, 6) is 5.15. The van der Waals surface area contributed by atoms with E-state index in [0.29, 0.717) is 31.2 Å². The number of Topliss-reactive ketones (excluding diaryl/α,β-unsaturated/α-hetero) is 1. The van der Waals surface area contributed by atoms with Crippen molar-refractivity contribution >= 4 is 30.4 Å². The average Bonchev–Trinajstić information content (AvgIpc) is 2.98. The van der Waals surface area contributed by atoms with Crippen molar-refractivity contribution in [2.24, 2.45) is 5.84 Å². The molecular weight excluding hydrogens is 425 g/mol. The molecule has 180 valence electrons. The lowest BCUT2D eigenvalue weighted by Gasteiger charge is -2.39. The van der Waals surface area contributed by atoms with E-state index in [9.17, 15) is 19.5 Å². The van der Waals surface area contributed by atoms with E-state index >= 15 is 0 Å². The monoisotopic (exact) mass is 459 g/mol. The fraction of sp³-hybridized carbons (Fsp3) is 0.609. The molecule has 1 atom stereocenters. The van der Waals surface area contributed by atoms with Crippen molar-refractivity contribution in [1.82, 2.24) is 10.3 Å². The third kappa shape index (κ3) is 4.92. The topological polar surface area (TPSA) is 131 Å². The van der Waals surface area contributed by atoms with E-state index in [2.05, 4.69) is 5.32 Å². The zero-order valence-electron chi connectivity index (χ0n) is 20.0. The number of carbonyl (C=O) groups is 3. The normalized spacial score (nSPS) is 21.8. The Balaban J connectivity index is 1.72. The van der Waals surface area contributed by atoms with Crippen LogP contribution in [0.1, 0.15) is 77.1 Å².